The van der Waals surface area contributed by atoms with E-state index in [0.29, 0.717) is 13.1 Å². The molecule has 2 fully saturated rings. The minimum absolute atomic E-state index is 0.231. The summed E-state index contributed by atoms with van der Waals surface area (Å²) in [6.07, 6.45) is 7.40. The van der Waals surface area contributed by atoms with Gasteiger partial charge in [0.1, 0.15) is 0 Å². The monoisotopic (exact) mass is 372 g/mol. The normalized spacial score (nSPS) is 21.9. The number of hydrogen-bond acceptors (Lipinski definition) is 3. The van der Waals surface area contributed by atoms with Gasteiger partial charge in [0, 0.05) is 32.2 Å². The predicted molar refractivity (Wildman–Crippen MR) is 112 cm³/mol. The van der Waals surface area contributed by atoms with E-state index in [1.54, 1.807) is 0 Å². The maximum Gasteiger partial charge on any atom is 0.194 e. The molecule has 1 aromatic carbocycles. The molecular weight excluding hydrogens is 336 g/mol. The Morgan fingerprint density at radius 2 is 1.93 bits per heavy atom. The van der Waals surface area contributed by atoms with Gasteiger partial charge in [-0.15, -0.1) is 0 Å². The molecule has 1 saturated heterocycles. The molecule has 0 bridgehead atoms. The second-order valence-electron chi connectivity index (χ2n) is 8.03. The summed E-state index contributed by atoms with van der Waals surface area (Å²) in [4.78, 5) is 9.59. The number of aliphatic imine (C=N–C) groups is 1. The zero-order valence-corrected chi connectivity index (χ0v) is 17.0. The number of rotatable bonds is 6. The number of benzene rings is 1. The van der Waals surface area contributed by atoms with Gasteiger partial charge in [0.2, 0.25) is 0 Å². The van der Waals surface area contributed by atoms with Crippen molar-refractivity contribution in [1.82, 2.24) is 15.1 Å². The highest BCUT2D eigenvalue weighted by Crippen LogP contribution is 2.24. The molecule has 1 atom stereocenters. The number of nitrogens with one attached hydrogen (secondary N) is 1. The summed E-state index contributed by atoms with van der Waals surface area (Å²) < 4.78 is 0. The average molecular weight is 373 g/mol. The lowest BCUT2D eigenvalue weighted by Crippen LogP contribution is -2.40. The Labute approximate surface area is 164 Å². The Morgan fingerprint density at radius 1 is 1.19 bits per heavy atom. The number of hydrogen-bond donors (Lipinski definition) is 2. The van der Waals surface area contributed by atoms with Gasteiger partial charge in [-0.05, 0) is 44.4 Å². The first kappa shape index (κ1) is 20.2. The topological polar surface area (TPSA) is 51.1 Å². The SMILES string of the molecule is CCNC(=NCc1ccccc1CN(C)C1CCCCC1)N1CC[C@@H](O)C1. The Bertz CT molecular complexity index is 612. The molecule has 3 rings (SSSR count). The number of aliphatic hydroxyl groups is 1. The van der Waals surface area contributed by atoms with Crippen LogP contribution in [0.1, 0.15) is 56.6 Å². The average Bonchev–Trinajstić information content (AvgIpc) is 3.13. The number of β-amino-alcohol motifs (C(OH)–C–C–N with tert-alkyl or cyclic N) is 1. The first-order valence-corrected chi connectivity index (χ1v) is 10.7. The van der Waals surface area contributed by atoms with Crippen LogP contribution < -0.4 is 5.32 Å². The summed E-state index contributed by atoms with van der Waals surface area (Å²) in [5.74, 6) is 0.921. The Balaban J connectivity index is 1.67. The molecule has 1 aromatic rings. The van der Waals surface area contributed by atoms with Gasteiger partial charge >= 0.3 is 0 Å². The van der Waals surface area contributed by atoms with E-state index in [0.717, 1.165) is 38.1 Å². The van der Waals surface area contributed by atoms with Crippen molar-refractivity contribution in [3.63, 3.8) is 0 Å². The van der Waals surface area contributed by atoms with Crippen LogP contribution in [0, 0.1) is 0 Å². The van der Waals surface area contributed by atoms with E-state index >= 15 is 0 Å². The Kier molecular flexibility index (Phi) is 7.53. The molecule has 0 amide bonds. The van der Waals surface area contributed by atoms with Crippen LogP contribution in [0.3, 0.4) is 0 Å². The van der Waals surface area contributed by atoms with Gasteiger partial charge in [-0.3, -0.25) is 4.90 Å². The summed E-state index contributed by atoms with van der Waals surface area (Å²) in [6, 6.07) is 9.42. The third-order valence-corrected chi connectivity index (χ3v) is 5.93. The fourth-order valence-corrected chi connectivity index (χ4v) is 4.31. The molecule has 1 saturated carbocycles. The van der Waals surface area contributed by atoms with E-state index in [1.165, 1.54) is 43.2 Å². The van der Waals surface area contributed by atoms with Crippen molar-refractivity contribution in [2.75, 3.05) is 26.7 Å². The fraction of sp³-hybridized carbons (Fsp3) is 0.682. The van der Waals surface area contributed by atoms with Crippen LogP contribution in [0.4, 0.5) is 0 Å². The van der Waals surface area contributed by atoms with Gasteiger partial charge in [0.15, 0.2) is 5.96 Å². The van der Waals surface area contributed by atoms with Crippen LogP contribution in [0.25, 0.3) is 0 Å². The van der Waals surface area contributed by atoms with E-state index in [1.807, 2.05) is 0 Å². The van der Waals surface area contributed by atoms with Gasteiger partial charge in [0.05, 0.1) is 12.6 Å². The van der Waals surface area contributed by atoms with E-state index in [2.05, 4.69) is 53.4 Å². The third kappa shape index (κ3) is 5.69. The highest BCUT2D eigenvalue weighted by Gasteiger charge is 2.23. The molecule has 2 aliphatic rings. The van der Waals surface area contributed by atoms with Crippen molar-refractivity contribution < 1.29 is 5.11 Å². The molecule has 5 nitrogen and oxygen atoms in total. The summed E-state index contributed by atoms with van der Waals surface area (Å²) >= 11 is 0. The van der Waals surface area contributed by atoms with Crippen molar-refractivity contribution in [3.05, 3.63) is 35.4 Å². The zero-order chi connectivity index (χ0) is 19.1. The van der Waals surface area contributed by atoms with Crippen LogP contribution in [-0.4, -0.2) is 59.7 Å². The van der Waals surface area contributed by atoms with Crippen molar-refractivity contribution in [3.8, 4) is 0 Å². The minimum Gasteiger partial charge on any atom is -0.391 e. The predicted octanol–water partition coefficient (Wildman–Crippen LogP) is 2.98. The summed E-state index contributed by atoms with van der Waals surface area (Å²) in [5, 5.41) is 13.2. The smallest absolute Gasteiger partial charge is 0.194 e. The van der Waals surface area contributed by atoms with Crippen molar-refractivity contribution in [1.29, 1.82) is 0 Å². The van der Waals surface area contributed by atoms with Crippen LogP contribution in [0.15, 0.2) is 29.3 Å². The molecule has 5 heteroatoms. The minimum atomic E-state index is -0.231. The molecule has 150 valence electrons. The standard InChI is InChI=1S/C22H36N4O/c1-3-23-22(26-14-13-21(27)17-26)24-15-18-9-7-8-10-19(18)16-25(2)20-11-5-4-6-12-20/h7-10,20-21,27H,3-6,11-17H2,1-2H3,(H,23,24)/t21-/m1/s1. The first-order chi connectivity index (χ1) is 13.2. The van der Waals surface area contributed by atoms with Crippen LogP contribution >= 0.6 is 0 Å². The molecule has 1 aliphatic carbocycles. The second kappa shape index (κ2) is 10.1. The zero-order valence-electron chi connectivity index (χ0n) is 17.0. The van der Waals surface area contributed by atoms with Crippen molar-refractivity contribution >= 4 is 5.96 Å². The third-order valence-electron chi connectivity index (χ3n) is 5.93. The van der Waals surface area contributed by atoms with E-state index < -0.39 is 0 Å². The van der Waals surface area contributed by atoms with Gasteiger partial charge in [-0.2, -0.15) is 0 Å². The Hall–Kier alpha value is -1.59. The molecular formula is C22H36N4O. The highest BCUT2D eigenvalue weighted by molar-refractivity contribution is 5.80. The molecule has 0 aromatic heterocycles. The van der Waals surface area contributed by atoms with Crippen molar-refractivity contribution in [2.24, 2.45) is 4.99 Å². The highest BCUT2D eigenvalue weighted by atomic mass is 16.3. The number of aliphatic hydroxyl groups excluding tert-OH is 1. The molecule has 0 radical (unpaired) electrons. The first-order valence-electron chi connectivity index (χ1n) is 10.7. The van der Waals surface area contributed by atoms with E-state index in [9.17, 15) is 5.11 Å². The summed E-state index contributed by atoms with van der Waals surface area (Å²) in [7, 11) is 2.27. The maximum atomic E-state index is 9.84. The van der Waals surface area contributed by atoms with Crippen LogP contribution in [0.2, 0.25) is 0 Å². The summed E-state index contributed by atoms with van der Waals surface area (Å²) in [6.45, 7) is 6.17. The van der Waals surface area contributed by atoms with Gasteiger partial charge in [0.25, 0.3) is 0 Å². The van der Waals surface area contributed by atoms with Gasteiger partial charge in [-0.25, -0.2) is 4.99 Å². The van der Waals surface area contributed by atoms with E-state index in [-0.39, 0.29) is 6.10 Å². The van der Waals surface area contributed by atoms with Gasteiger partial charge in [-0.1, -0.05) is 43.5 Å². The number of nitrogens with zero attached hydrogens (tertiary/aromatic N) is 3. The lowest BCUT2D eigenvalue weighted by molar-refractivity contribution is 0.184. The second-order valence-corrected chi connectivity index (χ2v) is 8.03. The van der Waals surface area contributed by atoms with Crippen LogP contribution in [-0.2, 0) is 13.1 Å². The lowest BCUT2D eigenvalue weighted by atomic mass is 9.94. The molecule has 1 aliphatic heterocycles. The maximum absolute atomic E-state index is 9.84. The van der Waals surface area contributed by atoms with Crippen LogP contribution in [0.5, 0.6) is 0 Å². The molecule has 1 heterocycles. The van der Waals surface area contributed by atoms with Crippen molar-refractivity contribution in [2.45, 2.75) is 70.7 Å². The number of likely N-dealkylation sites (tertiary alicyclic amines) is 1. The quantitative estimate of drug-likeness (QED) is 0.595. The Morgan fingerprint density at radius 3 is 2.59 bits per heavy atom. The fourth-order valence-electron chi connectivity index (χ4n) is 4.31. The molecule has 2 N–H and O–H groups in total. The largest absolute Gasteiger partial charge is 0.391 e. The lowest BCUT2D eigenvalue weighted by Gasteiger charge is -2.31. The number of guanidine groups is 1. The summed E-state index contributed by atoms with van der Waals surface area (Å²) in [5.41, 5.74) is 2.68. The molecule has 27 heavy (non-hydrogen) atoms. The van der Waals surface area contributed by atoms with E-state index in [4.69, 9.17) is 4.99 Å². The molecule has 0 spiro atoms. The molecule has 0 unspecified atom stereocenters. The van der Waals surface area contributed by atoms with Gasteiger partial charge < -0.3 is 15.3 Å².